The monoisotopic (exact) mass is 364 g/mol. The molecule has 4 N–H and O–H groups in total. The Morgan fingerprint density at radius 3 is 2.65 bits per heavy atom. The van der Waals surface area contributed by atoms with Gasteiger partial charge in [0.25, 0.3) is 0 Å². The van der Waals surface area contributed by atoms with Crippen LogP contribution in [0, 0.1) is 0 Å². The molecular weight excluding hydrogens is 340 g/mol. The van der Waals surface area contributed by atoms with Crippen molar-refractivity contribution in [1.82, 2.24) is 0 Å². The van der Waals surface area contributed by atoms with E-state index in [0.717, 1.165) is 0 Å². The van der Waals surface area contributed by atoms with Crippen molar-refractivity contribution in [2.75, 3.05) is 0 Å². The number of hydrogen-bond donors (Lipinski definition) is 4. The van der Waals surface area contributed by atoms with Gasteiger partial charge in [-0.15, -0.1) is 0 Å². The first kappa shape index (κ1) is 20.1. The molecule has 0 fully saturated rings. The molecule has 0 aromatic heterocycles. The van der Waals surface area contributed by atoms with Gasteiger partial charge in [0.15, 0.2) is 5.78 Å². The Morgan fingerprint density at radius 1 is 1.23 bits per heavy atom. The second kappa shape index (κ2) is 8.93. The number of fused-ring (bicyclic) bond motifs is 1. The number of aryl methyl sites for hydroxylation is 1. The number of aromatic hydroxyl groups is 1. The molecule has 1 aliphatic heterocycles. The van der Waals surface area contributed by atoms with Crippen LogP contribution in [-0.4, -0.2) is 50.5 Å². The van der Waals surface area contributed by atoms with Crippen LogP contribution in [0.3, 0.4) is 0 Å². The zero-order valence-corrected chi connectivity index (χ0v) is 14.6. The van der Waals surface area contributed by atoms with E-state index in [9.17, 15) is 30.0 Å². The zero-order valence-electron chi connectivity index (χ0n) is 14.6. The molecule has 0 saturated carbocycles. The number of benzene rings is 1. The van der Waals surface area contributed by atoms with Crippen molar-refractivity contribution in [1.29, 1.82) is 0 Å². The molecule has 1 aromatic carbocycles. The summed E-state index contributed by atoms with van der Waals surface area (Å²) in [5, 5.41) is 39.4. The highest BCUT2D eigenvalue weighted by Crippen LogP contribution is 2.27. The molecule has 1 aromatic rings. The number of ether oxygens (including phenoxy) is 1. The van der Waals surface area contributed by atoms with Crippen LogP contribution in [0.5, 0.6) is 5.75 Å². The van der Waals surface area contributed by atoms with Gasteiger partial charge >= 0.3 is 5.97 Å². The normalized spacial score (nSPS) is 26.5. The van der Waals surface area contributed by atoms with E-state index >= 15 is 0 Å². The number of aliphatic hydroxyl groups excluding tert-OH is 3. The third-order valence-corrected chi connectivity index (χ3v) is 4.31. The molecule has 0 amide bonds. The summed E-state index contributed by atoms with van der Waals surface area (Å²) in [6.45, 7) is 1.34. The van der Waals surface area contributed by atoms with Crippen LogP contribution in [0.25, 0.3) is 0 Å². The van der Waals surface area contributed by atoms with Gasteiger partial charge in [-0.2, -0.15) is 0 Å². The number of cyclic esters (lactones) is 1. The summed E-state index contributed by atoms with van der Waals surface area (Å²) in [5.74, 6) is -1.57. The van der Waals surface area contributed by atoms with Crippen LogP contribution >= 0.6 is 0 Å². The Bertz CT molecular complexity index is 695. The SMILES string of the molecule is C[C@H]1C/C=C\C(=O)[C@@H](O)[C@@H](O)CCCc2cc(CO)cc(O)c2C(=O)O1. The van der Waals surface area contributed by atoms with Crippen molar-refractivity contribution in [2.45, 2.75) is 57.5 Å². The Morgan fingerprint density at radius 2 is 1.96 bits per heavy atom. The second-order valence-corrected chi connectivity index (χ2v) is 6.47. The molecule has 0 bridgehead atoms. The lowest BCUT2D eigenvalue weighted by Gasteiger charge is -2.18. The highest BCUT2D eigenvalue weighted by atomic mass is 16.5. The van der Waals surface area contributed by atoms with Crippen LogP contribution in [0.15, 0.2) is 24.3 Å². The molecular formula is C19H24O7. The van der Waals surface area contributed by atoms with Crippen LogP contribution < -0.4 is 0 Å². The number of phenols is 1. The Labute approximate surface area is 151 Å². The van der Waals surface area contributed by atoms with E-state index in [2.05, 4.69) is 0 Å². The summed E-state index contributed by atoms with van der Waals surface area (Å²) >= 11 is 0. The number of esters is 1. The maximum absolute atomic E-state index is 12.5. The van der Waals surface area contributed by atoms with Crippen molar-refractivity contribution in [3.05, 3.63) is 41.0 Å². The topological polar surface area (TPSA) is 124 Å². The number of carbonyl (C=O) groups is 2. The number of phenolic OH excluding ortho intramolecular Hbond substituents is 1. The lowest BCUT2D eigenvalue weighted by molar-refractivity contribution is -0.128. The molecule has 7 nitrogen and oxygen atoms in total. The van der Waals surface area contributed by atoms with Gasteiger partial charge in [0.2, 0.25) is 0 Å². The molecule has 3 atom stereocenters. The molecule has 2 rings (SSSR count). The largest absolute Gasteiger partial charge is 0.507 e. The minimum Gasteiger partial charge on any atom is -0.507 e. The van der Waals surface area contributed by atoms with Gasteiger partial charge in [-0.25, -0.2) is 4.79 Å². The lowest BCUT2D eigenvalue weighted by atomic mass is 9.95. The Balaban J connectivity index is 2.36. The van der Waals surface area contributed by atoms with E-state index in [1.807, 2.05) is 0 Å². The highest BCUT2D eigenvalue weighted by Gasteiger charge is 2.24. The van der Waals surface area contributed by atoms with Crippen molar-refractivity contribution >= 4 is 11.8 Å². The fraction of sp³-hybridized carbons (Fsp3) is 0.474. The summed E-state index contributed by atoms with van der Waals surface area (Å²) in [4.78, 5) is 24.3. The average molecular weight is 364 g/mol. The van der Waals surface area contributed by atoms with Crippen molar-refractivity contribution in [3.63, 3.8) is 0 Å². The molecule has 142 valence electrons. The molecule has 1 heterocycles. The Hall–Kier alpha value is -2.22. The molecule has 1 aliphatic rings. The summed E-state index contributed by atoms with van der Waals surface area (Å²) < 4.78 is 5.32. The minimum absolute atomic E-state index is 0.0289. The predicted octanol–water partition coefficient (Wildman–Crippen LogP) is 1.00. The summed E-state index contributed by atoms with van der Waals surface area (Å²) in [6.07, 6.45) is 0.386. The van der Waals surface area contributed by atoms with Gasteiger partial charge in [-0.3, -0.25) is 4.79 Å². The third-order valence-electron chi connectivity index (χ3n) is 4.31. The van der Waals surface area contributed by atoms with E-state index in [1.165, 1.54) is 18.2 Å². The molecule has 0 saturated heterocycles. The van der Waals surface area contributed by atoms with Crippen LogP contribution in [0.1, 0.15) is 47.7 Å². The first-order valence-corrected chi connectivity index (χ1v) is 8.56. The van der Waals surface area contributed by atoms with E-state index in [1.54, 1.807) is 13.0 Å². The molecule has 0 radical (unpaired) electrons. The van der Waals surface area contributed by atoms with Crippen molar-refractivity contribution in [3.8, 4) is 5.75 Å². The van der Waals surface area contributed by atoms with E-state index in [-0.39, 0.29) is 30.8 Å². The molecule has 26 heavy (non-hydrogen) atoms. The number of aliphatic hydroxyl groups is 3. The van der Waals surface area contributed by atoms with Gasteiger partial charge in [0.05, 0.1) is 12.7 Å². The van der Waals surface area contributed by atoms with Crippen molar-refractivity contribution in [2.24, 2.45) is 0 Å². The second-order valence-electron chi connectivity index (χ2n) is 6.47. The maximum atomic E-state index is 12.5. The number of ketones is 1. The van der Waals surface area contributed by atoms with Gasteiger partial charge < -0.3 is 25.2 Å². The van der Waals surface area contributed by atoms with Crippen LogP contribution in [0.4, 0.5) is 0 Å². The zero-order chi connectivity index (χ0) is 19.3. The van der Waals surface area contributed by atoms with Crippen LogP contribution in [0.2, 0.25) is 0 Å². The molecule has 0 aliphatic carbocycles. The van der Waals surface area contributed by atoms with Gasteiger partial charge in [0, 0.05) is 6.42 Å². The van der Waals surface area contributed by atoms with Gasteiger partial charge in [-0.05, 0) is 49.5 Å². The summed E-state index contributed by atoms with van der Waals surface area (Å²) in [5.41, 5.74) is 0.954. The quantitative estimate of drug-likeness (QED) is 0.548. The highest BCUT2D eigenvalue weighted by molar-refractivity contribution is 5.95. The average Bonchev–Trinajstić information content (AvgIpc) is 2.59. The first-order chi connectivity index (χ1) is 12.3. The Kier molecular flexibility index (Phi) is 6.90. The lowest BCUT2D eigenvalue weighted by Crippen LogP contribution is -2.33. The fourth-order valence-corrected chi connectivity index (χ4v) is 2.89. The van der Waals surface area contributed by atoms with Crippen molar-refractivity contribution < 1.29 is 34.8 Å². The number of rotatable bonds is 1. The predicted molar refractivity (Wildman–Crippen MR) is 92.6 cm³/mol. The smallest absolute Gasteiger partial charge is 0.342 e. The molecule has 0 unspecified atom stereocenters. The van der Waals surface area contributed by atoms with Crippen LogP contribution in [-0.2, 0) is 22.6 Å². The molecule has 0 spiro atoms. The van der Waals surface area contributed by atoms with E-state index in [4.69, 9.17) is 4.74 Å². The minimum atomic E-state index is -1.51. The fourth-order valence-electron chi connectivity index (χ4n) is 2.89. The summed E-state index contributed by atoms with van der Waals surface area (Å²) in [6, 6.07) is 2.91. The van der Waals surface area contributed by atoms with E-state index in [0.29, 0.717) is 24.0 Å². The molecule has 7 heteroatoms. The number of carbonyl (C=O) groups excluding carboxylic acids is 2. The third kappa shape index (κ3) is 4.91. The maximum Gasteiger partial charge on any atom is 0.342 e. The van der Waals surface area contributed by atoms with Gasteiger partial charge in [-0.1, -0.05) is 12.1 Å². The number of hydrogen-bond acceptors (Lipinski definition) is 7. The van der Waals surface area contributed by atoms with Gasteiger partial charge in [0.1, 0.15) is 23.5 Å². The standard InChI is InChI=1S/C19H24O7/c1-11-4-2-6-14(21)18(24)15(22)7-3-5-13-8-12(10-20)9-16(23)17(13)19(25)26-11/h2,6,8-9,11,15,18,20,22-24H,3-5,7,10H2,1H3/b6-2-/t11-,15-,18+/m0/s1. The van der Waals surface area contributed by atoms with E-state index < -0.39 is 30.1 Å². The summed E-state index contributed by atoms with van der Waals surface area (Å²) in [7, 11) is 0. The first-order valence-electron chi connectivity index (χ1n) is 8.56.